The van der Waals surface area contributed by atoms with Gasteiger partial charge in [0, 0.05) is 53.9 Å². The van der Waals surface area contributed by atoms with Crippen LogP contribution in [-0.2, 0) is 14.3 Å². The number of nitro groups is 1. The Morgan fingerprint density at radius 2 is 1.04 bits per heavy atom. The molecular weight excluding hydrogens is 903 g/mol. The van der Waals surface area contributed by atoms with E-state index in [1.807, 2.05) is 0 Å². The lowest BCUT2D eigenvalue weighted by Crippen LogP contribution is -2.48. The highest BCUT2D eigenvalue weighted by Gasteiger charge is 2.33. The summed E-state index contributed by atoms with van der Waals surface area (Å²) in [5.41, 5.74) is 5.28. The topological polar surface area (TPSA) is 337 Å². The maximum atomic E-state index is 13.6. The van der Waals surface area contributed by atoms with Crippen LogP contribution in [0, 0.1) is 16.0 Å². The maximum absolute atomic E-state index is 13.6. The molecule has 0 aliphatic heterocycles. The van der Waals surface area contributed by atoms with E-state index in [9.17, 15) is 59.0 Å². The van der Waals surface area contributed by atoms with Gasteiger partial charge in [0.25, 0.3) is 29.3 Å². The molecule has 360 valence electrons. The summed E-state index contributed by atoms with van der Waals surface area (Å²) in [7, 11) is 1.16. The summed E-state index contributed by atoms with van der Waals surface area (Å²) in [4.78, 5) is 101. The van der Waals surface area contributed by atoms with Crippen LogP contribution in [0.1, 0.15) is 79.5 Å². The summed E-state index contributed by atoms with van der Waals surface area (Å²) < 4.78 is 16.6. The first-order valence-electron chi connectivity index (χ1n) is 20.8. The Balaban J connectivity index is 1.25. The third-order valence-electron chi connectivity index (χ3n) is 9.82. The highest BCUT2D eigenvalue weighted by Crippen LogP contribution is 2.42. The predicted molar refractivity (Wildman–Crippen MR) is 249 cm³/mol. The van der Waals surface area contributed by atoms with Gasteiger partial charge in [-0.2, -0.15) is 0 Å². The van der Waals surface area contributed by atoms with Crippen molar-refractivity contribution in [2.75, 3.05) is 34.9 Å². The molecule has 0 spiro atoms. The zero-order chi connectivity index (χ0) is 50.7. The number of nitro benzene ring substituents is 1. The van der Waals surface area contributed by atoms with Crippen LogP contribution in [-0.4, -0.2) is 93.6 Å². The molecule has 22 nitrogen and oxygen atoms in total. The van der Waals surface area contributed by atoms with E-state index in [-0.39, 0.29) is 56.5 Å². The molecule has 0 saturated heterocycles. The van der Waals surface area contributed by atoms with Crippen LogP contribution in [0.2, 0.25) is 0 Å². The number of benzene rings is 5. The summed E-state index contributed by atoms with van der Waals surface area (Å²) in [6, 6.07) is 20.9. The molecule has 5 aromatic rings. The molecule has 0 heterocycles. The minimum Gasteiger partial charge on any atom is -0.504 e. The summed E-state index contributed by atoms with van der Waals surface area (Å²) in [6.45, 7) is 6.11. The van der Waals surface area contributed by atoms with Gasteiger partial charge in [0.1, 0.15) is 11.7 Å². The van der Waals surface area contributed by atoms with Gasteiger partial charge in [-0.1, -0.05) is 0 Å². The van der Waals surface area contributed by atoms with Crippen molar-refractivity contribution < 1.29 is 68.0 Å². The monoisotopic (exact) mass is 949 g/mol. The van der Waals surface area contributed by atoms with Crippen molar-refractivity contribution in [1.82, 2.24) is 5.32 Å². The molecule has 0 unspecified atom stereocenters. The van der Waals surface area contributed by atoms with E-state index < -0.39 is 94.2 Å². The van der Waals surface area contributed by atoms with Crippen molar-refractivity contribution in [1.29, 1.82) is 0 Å². The van der Waals surface area contributed by atoms with Gasteiger partial charge in [-0.05, 0) is 113 Å². The van der Waals surface area contributed by atoms with Crippen LogP contribution < -0.4 is 41.8 Å². The van der Waals surface area contributed by atoms with Crippen molar-refractivity contribution in [3.8, 4) is 23.0 Å². The number of anilines is 4. The number of rotatable bonds is 20. The Hall–Kier alpha value is -9.05. The minimum atomic E-state index is -1.49. The van der Waals surface area contributed by atoms with Gasteiger partial charge in [0.05, 0.1) is 40.0 Å². The fourth-order valence-corrected chi connectivity index (χ4v) is 6.49. The lowest BCUT2D eigenvalue weighted by atomic mass is 9.99. The van der Waals surface area contributed by atoms with E-state index in [0.29, 0.717) is 5.69 Å². The van der Waals surface area contributed by atoms with Gasteiger partial charge in [-0.25, -0.2) is 4.79 Å². The van der Waals surface area contributed by atoms with E-state index in [2.05, 4.69) is 26.6 Å². The van der Waals surface area contributed by atoms with Crippen molar-refractivity contribution in [3.05, 3.63) is 135 Å². The van der Waals surface area contributed by atoms with E-state index in [4.69, 9.17) is 19.9 Å². The largest absolute Gasteiger partial charge is 0.504 e. The lowest BCUT2D eigenvalue weighted by Gasteiger charge is -2.23. The number of carbonyl (C=O) groups excluding carboxylic acids is 6. The average Bonchev–Trinajstić information content (AvgIpc) is 3.29. The predicted octanol–water partition coefficient (Wildman–Crippen LogP) is 5.52. The second kappa shape index (κ2) is 22.4. The minimum absolute atomic E-state index is 0.0308. The van der Waals surface area contributed by atoms with Crippen molar-refractivity contribution in [3.63, 3.8) is 0 Å². The number of nitrogens with two attached hydrogens (primary N) is 1. The zero-order valence-electron chi connectivity index (χ0n) is 37.5. The molecule has 2 atom stereocenters. The van der Waals surface area contributed by atoms with Crippen LogP contribution >= 0.6 is 0 Å². The lowest BCUT2D eigenvalue weighted by molar-refractivity contribution is -0.384. The first kappa shape index (κ1) is 50.9. The number of methoxy groups -OCH3 is 1. The van der Waals surface area contributed by atoms with Gasteiger partial charge in [0.15, 0.2) is 23.0 Å². The smallest absolute Gasteiger partial charge is 0.339 e. The number of phenolic OH excluding ortho intramolecular Hbond substituents is 1. The summed E-state index contributed by atoms with van der Waals surface area (Å²) >= 11 is 0. The molecule has 69 heavy (non-hydrogen) atoms. The number of carbonyl (C=O) groups is 7. The maximum Gasteiger partial charge on any atom is 0.339 e. The van der Waals surface area contributed by atoms with Crippen LogP contribution in [0.5, 0.6) is 23.0 Å². The fraction of sp³-hybridized carbons (Fsp3) is 0.213. The Labute approximate surface area is 392 Å². The molecule has 0 aromatic heterocycles. The molecular formula is C47H47N7O15. The van der Waals surface area contributed by atoms with Gasteiger partial charge < -0.3 is 61.8 Å². The third-order valence-corrected chi connectivity index (χ3v) is 9.82. The number of aromatic hydroxyl groups is 2. The summed E-state index contributed by atoms with van der Waals surface area (Å²) in [5, 5.41) is 55.2. The average molecular weight is 950 g/mol. The zero-order valence-corrected chi connectivity index (χ0v) is 37.5. The highest BCUT2D eigenvalue weighted by molar-refractivity contribution is 6.10. The number of hydrogen-bond donors (Lipinski definition) is 9. The van der Waals surface area contributed by atoms with E-state index >= 15 is 0 Å². The summed E-state index contributed by atoms with van der Waals surface area (Å²) in [5.74, 6) is -9.31. The molecule has 5 aromatic carbocycles. The standard InChI is InChI=1S/C47H47N7O15/c1-23(2)68-39-34(20-18-31(36(39)55)45(61)53-35-21-19-32(47(63)64)37(56)40(35)69-24(3)4)52-44(60)26-8-14-29(15-9-26)51-46(62)33(38(67-5)41(48)57)22-49-42(58)25-6-12-28(13-7-25)50-43(59)27-10-16-30(17-11-27)54(65)66/h6-21,23-24,33,38,55-56H,22H2,1-5H3,(H2,48,57)(H,49,58)(H,50,59)(H,51,62)(H,52,60)(H,53,61)(H,63,64)/t33-,38-/m0/s1. The van der Waals surface area contributed by atoms with Gasteiger partial charge >= 0.3 is 5.97 Å². The van der Waals surface area contributed by atoms with Gasteiger partial charge in [0.2, 0.25) is 11.8 Å². The second-order valence-corrected chi connectivity index (χ2v) is 15.5. The van der Waals surface area contributed by atoms with Crippen LogP contribution in [0.15, 0.2) is 97.1 Å². The molecule has 0 saturated carbocycles. The number of hydrogen-bond acceptors (Lipinski definition) is 14. The number of aromatic carboxylic acids is 1. The fourth-order valence-electron chi connectivity index (χ4n) is 6.49. The van der Waals surface area contributed by atoms with Crippen LogP contribution in [0.4, 0.5) is 28.4 Å². The van der Waals surface area contributed by atoms with Crippen molar-refractivity contribution >= 4 is 69.8 Å². The Bertz CT molecular complexity index is 2780. The molecule has 5 rings (SSSR count). The molecule has 0 aliphatic carbocycles. The molecule has 0 aliphatic rings. The van der Waals surface area contributed by atoms with Crippen LogP contribution in [0.3, 0.4) is 0 Å². The number of primary amides is 1. The molecule has 0 radical (unpaired) electrons. The molecule has 6 amide bonds. The van der Waals surface area contributed by atoms with Crippen molar-refractivity contribution in [2.45, 2.75) is 46.0 Å². The molecule has 10 N–H and O–H groups in total. The SMILES string of the molecule is CO[C@H](C(N)=O)[C@H](CNC(=O)c1ccc(NC(=O)c2ccc([N+](=O)[O-])cc2)cc1)C(=O)Nc1ccc(C(=O)Nc2ccc(C(=O)Nc3ccc(C(=O)O)c(O)c3OC(C)C)c(O)c2OC(C)C)cc1. The van der Waals surface area contributed by atoms with Gasteiger partial charge in [-0.3, -0.25) is 38.9 Å². The Kier molecular flexibility index (Phi) is 16.6. The third kappa shape index (κ3) is 12.9. The normalized spacial score (nSPS) is 11.7. The van der Waals surface area contributed by atoms with Crippen LogP contribution in [0.25, 0.3) is 0 Å². The van der Waals surface area contributed by atoms with E-state index in [1.54, 1.807) is 27.7 Å². The van der Waals surface area contributed by atoms with Crippen molar-refractivity contribution in [2.24, 2.45) is 11.7 Å². The number of carboxylic acids is 1. The number of ether oxygens (including phenoxy) is 3. The van der Waals surface area contributed by atoms with Gasteiger partial charge in [-0.15, -0.1) is 0 Å². The molecule has 0 bridgehead atoms. The number of non-ortho nitro benzene ring substituents is 1. The Morgan fingerprint density at radius 1 is 0.609 bits per heavy atom. The quantitative estimate of drug-likeness (QED) is 0.0343. The number of phenols is 2. The molecule has 0 fully saturated rings. The summed E-state index contributed by atoms with van der Waals surface area (Å²) in [6.07, 6.45) is -2.58. The number of nitrogens with one attached hydrogen (secondary N) is 5. The second-order valence-electron chi connectivity index (χ2n) is 15.5. The Morgan fingerprint density at radius 3 is 1.51 bits per heavy atom. The number of nitrogens with zero attached hydrogens (tertiary/aromatic N) is 1. The molecule has 22 heteroatoms. The first-order valence-corrected chi connectivity index (χ1v) is 20.8. The van der Waals surface area contributed by atoms with E-state index in [1.165, 1.54) is 91.0 Å². The number of amides is 6. The van der Waals surface area contributed by atoms with E-state index in [0.717, 1.165) is 13.2 Å². The highest BCUT2D eigenvalue weighted by atomic mass is 16.6. The first-order chi connectivity index (χ1) is 32.7. The number of carboxylic acid groups (broad SMARTS) is 1.